The van der Waals surface area contributed by atoms with Crippen molar-refractivity contribution in [1.29, 1.82) is 0 Å². The summed E-state index contributed by atoms with van der Waals surface area (Å²) in [7, 11) is 1.60. The number of amides is 1. The molecule has 0 atom stereocenters. The molecule has 0 heterocycles. The van der Waals surface area contributed by atoms with E-state index in [9.17, 15) is 4.79 Å². The molecular formula is C13H17BrN2O2S. The van der Waals surface area contributed by atoms with Gasteiger partial charge in [0.15, 0.2) is 5.11 Å². The minimum absolute atomic E-state index is 0.127. The highest BCUT2D eigenvalue weighted by molar-refractivity contribution is 9.10. The van der Waals surface area contributed by atoms with Gasteiger partial charge >= 0.3 is 0 Å². The van der Waals surface area contributed by atoms with Crippen LogP contribution in [0.15, 0.2) is 22.7 Å². The first kappa shape index (κ1) is 15.9. The van der Waals surface area contributed by atoms with Crippen LogP contribution < -0.4 is 15.4 Å². The maximum Gasteiger partial charge on any atom is 0.231 e. The summed E-state index contributed by atoms with van der Waals surface area (Å²) in [5, 5.41) is 5.88. The van der Waals surface area contributed by atoms with Gasteiger partial charge in [-0.3, -0.25) is 4.79 Å². The average Bonchev–Trinajstić information content (AvgIpc) is 2.27. The van der Waals surface area contributed by atoms with Gasteiger partial charge in [0.25, 0.3) is 0 Å². The van der Waals surface area contributed by atoms with Gasteiger partial charge in [0.2, 0.25) is 5.91 Å². The molecule has 0 aliphatic rings. The van der Waals surface area contributed by atoms with Crippen molar-refractivity contribution in [2.75, 3.05) is 12.4 Å². The number of hydrogen-bond donors (Lipinski definition) is 2. The monoisotopic (exact) mass is 344 g/mol. The summed E-state index contributed by atoms with van der Waals surface area (Å²) in [6, 6.07) is 5.45. The SMILES string of the molecule is COc1ccc(NC(=S)NC(=O)C(C)(C)C)cc1Br. The number of carbonyl (C=O) groups is 1. The summed E-state index contributed by atoms with van der Waals surface area (Å²) in [6.45, 7) is 5.48. The van der Waals surface area contributed by atoms with Gasteiger partial charge in [-0.15, -0.1) is 0 Å². The zero-order valence-electron chi connectivity index (χ0n) is 11.3. The Bertz CT molecular complexity index is 498. The molecule has 1 rings (SSSR count). The van der Waals surface area contributed by atoms with Crippen molar-refractivity contribution in [2.24, 2.45) is 5.41 Å². The maximum absolute atomic E-state index is 11.8. The fourth-order valence-electron chi connectivity index (χ4n) is 1.20. The smallest absolute Gasteiger partial charge is 0.231 e. The Morgan fingerprint density at radius 1 is 1.37 bits per heavy atom. The van der Waals surface area contributed by atoms with E-state index in [0.717, 1.165) is 15.9 Å². The summed E-state index contributed by atoms with van der Waals surface area (Å²) in [6.07, 6.45) is 0. The Morgan fingerprint density at radius 3 is 2.47 bits per heavy atom. The van der Waals surface area contributed by atoms with Gasteiger partial charge in [-0.1, -0.05) is 20.8 Å². The zero-order chi connectivity index (χ0) is 14.6. The largest absolute Gasteiger partial charge is 0.496 e. The van der Waals surface area contributed by atoms with Gasteiger partial charge in [-0.25, -0.2) is 0 Å². The number of anilines is 1. The first-order valence-corrected chi connectivity index (χ1v) is 6.90. The number of rotatable bonds is 2. The van der Waals surface area contributed by atoms with Crippen LogP contribution >= 0.6 is 28.1 Å². The number of halogens is 1. The molecule has 0 spiro atoms. The molecule has 1 amide bonds. The summed E-state index contributed by atoms with van der Waals surface area (Å²) in [5.41, 5.74) is 0.290. The fraction of sp³-hybridized carbons (Fsp3) is 0.385. The first-order chi connectivity index (χ1) is 8.74. The molecule has 1 aromatic carbocycles. The Kier molecular flexibility index (Phi) is 5.31. The summed E-state index contributed by atoms with van der Waals surface area (Å²) < 4.78 is 5.95. The molecule has 0 aliphatic carbocycles. The molecular weight excluding hydrogens is 328 g/mol. The minimum Gasteiger partial charge on any atom is -0.496 e. The zero-order valence-corrected chi connectivity index (χ0v) is 13.7. The van der Waals surface area contributed by atoms with E-state index >= 15 is 0 Å². The molecule has 0 saturated carbocycles. The standard InChI is InChI=1S/C13H17BrN2O2S/c1-13(2,3)11(17)16-12(19)15-8-5-6-10(18-4)9(14)7-8/h5-7H,1-4H3,(H2,15,16,17,19). The van der Waals surface area contributed by atoms with E-state index in [1.165, 1.54) is 0 Å². The van der Waals surface area contributed by atoms with Crippen LogP contribution in [-0.4, -0.2) is 18.1 Å². The molecule has 2 N–H and O–H groups in total. The molecule has 1 aromatic rings. The van der Waals surface area contributed by atoms with Crippen molar-refractivity contribution in [3.05, 3.63) is 22.7 Å². The predicted octanol–water partition coefficient (Wildman–Crippen LogP) is 3.32. The van der Waals surface area contributed by atoms with Crippen LogP contribution in [0.2, 0.25) is 0 Å². The summed E-state index contributed by atoms with van der Waals surface area (Å²) in [5.74, 6) is 0.604. The second-order valence-corrected chi connectivity index (χ2v) is 6.27. The van der Waals surface area contributed by atoms with E-state index in [0.29, 0.717) is 0 Å². The molecule has 0 aliphatic heterocycles. The normalized spacial score (nSPS) is 10.8. The number of thiocarbonyl (C=S) groups is 1. The van der Waals surface area contributed by atoms with Crippen molar-refractivity contribution in [1.82, 2.24) is 5.32 Å². The second kappa shape index (κ2) is 6.34. The van der Waals surface area contributed by atoms with Gasteiger partial charge in [0.05, 0.1) is 11.6 Å². The molecule has 6 heteroatoms. The van der Waals surface area contributed by atoms with Crippen molar-refractivity contribution < 1.29 is 9.53 Å². The van der Waals surface area contributed by atoms with Crippen molar-refractivity contribution in [2.45, 2.75) is 20.8 Å². The number of benzene rings is 1. The molecule has 0 fully saturated rings. The van der Waals surface area contributed by atoms with E-state index < -0.39 is 5.41 Å². The molecule has 0 aromatic heterocycles. The van der Waals surface area contributed by atoms with E-state index in [1.54, 1.807) is 13.2 Å². The second-order valence-electron chi connectivity index (χ2n) is 5.01. The Morgan fingerprint density at radius 2 is 2.00 bits per heavy atom. The third-order valence-corrected chi connectivity index (χ3v) is 3.14. The lowest BCUT2D eigenvalue weighted by molar-refractivity contribution is -0.126. The molecule has 0 unspecified atom stereocenters. The van der Waals surface area contributed by atoms with Crippen LogP contribution in [0, 0.1) is 5.41 Å². The first-order valence-electron chi connectivity index (χ1n) is 5.70. The van der Waals surface area contributed by atoms with Crippen LogP contribution in [0.4, 0.5) is 5.69 Å². The quantitative estimate of drug-likeness (QED) is 0.808. The summed E-state index contributed by atoms with van der Waals surface area (Å²) >= 11 is 8.48. The molecule has 19 heavy (non-hydrogen) atoms. The Balaban J connectivity index is 2.68. The number of hydrogen-bond acceptors (Lipinski definition) is 3. The molecule has 4 nitrogen and oxygen atoms in total. The predicted molar refractivity (Wildman–Crippen MR) is 84.5 cm³/mol. The van der Waals surface area contributed by atoms with E-state index in [4.69, 9.17) is 17.0 Å². The third kappa shape index (κ3) is 4.80. The van der Waals surface area contributed by atoms with Gasteiger partial charge in [-0.05, 0) is 46.3 Å². The van der Waals surface area contributed by atoms with E-state index in [-0.39, 0.29) is 11.0 Å². The van der Waals surface area contributed by atoms with E-state index in [2.05, 4.69) is 26.6 Å². The average molecular weight is 345 g/mol. The lowest BCUT2D eigenvalue weighted by Gasteiger charge is -2.18. The van der Waals surface area contributed by atoms with Gasteiger partial charge in [0, 0.05) is 11.1 Å². The van der Waals surface area contributed by atoms with Crippen LogP contribution in [0.5, 0.6) is 5.75 Å². The molecule has 0 bridgehead atoms. The third-order valence-electron chi connectivity index (χ3n) is 2.32. The molecule has 0 radical (unpaired) electrons. The van der Waals surface area contributed by atoms with Crippen LogP contribution in [0.25, 0.3) is 0 Å². The van der Waals surface area contributed by atoms with E-state index in [1.807, 2.05) is 32.9 Å². The lowest BCUT2D eigenvalue weighted by atomic mass is 9.96. The van der Waals surface area contributed by atoms with Gasteiger partial charge < -0.3 is 15.4 Å². The molecule has 0 saturated heterocycles. The lowest BCUT2D eigenvalue weighted by Crippen LogP contribution is -2.41. The fourth-order valence-corrected chi connectivity index (χ4v) is 1.95. The highest BCUT2D eigenvalue weighted by Gasteiger charge is 2.21. The molecule has 104 valence electrons. The maximum atomic E-state index is 11.8. The Hall–Kier alpha value is -1.14. The van der Waals surface area contributed by atoms with Crippen LogP contribution in [0.3, 0.4) is 0 Å². The van der Waals surface area contributed by atoms with Crippen molar-refractivity contribution >= 4 is 44.9 Å². The topological polar surface area (TPSA) is 50.4 Å². The highest BCUT2D eigenvalue weighted by atomic mass is 79.9. The van der Waals surface area contributed by atoms with Crippen molar-refractivity contribution in [3.8, 4) is 5.75 Å². The summed E-state index contributed by atoms with van der Waals surface area (Å²) in [4.78, 5) is 11.8. The van der Waals surface area contributed by atoms with Crippen molar-refractivity contribution in [3.63, 3.8) is 0 Å². The van der Waals surface area contributed by atoms with Crippen LogP contribution in [-0.2, 0) is 4.79 Å². The van der Waals surface area contributed by atoms with Gasteiger partial charge in [0.1, 0.15) is 5.75 Å². The number of carbonyl (C=O) groups excluding carboxylic acids is 1. The van der Waals surface area contributed by atoms with Gasteiger partial charge in [-0.2, -0.15) is 0 Å². The Labute approximate surface area is 127 Å². The van der Waals surface area contributed by atoms with Crippen LogP contribution in [0.1, 0.15) is 20.8 Å². The number of ether oxygens (including phenoxy) is 1. The number of nitrogens with one attached hydrogen (secondary N) is 2. The number of methoxy groups -OCH3 is 1. The minimum atomic E-state index is -0.480. The highest BCUT2D eigenvalue weighted by Crippen LogP contribution is 2.27.